The van der Waals surface area contributed by atoms with E-state index in [1.54, 1.807) is 0 Å². The van der Waals surface area contributed by atoms with E-state index < -0.39 is 0 Å². The van der Waals surface area contributed by atoms with Crippen molar-refractivity contribution in [2.24, 2.45) is 0 Å². The molecule has 2 bridgehead atoms. The molecule has 58 valence electrons. The van der Waals surface area contributed by atoms with Gasteiger partial charge in [-0.3, -0.25) is 0 Å². The van der Waals surface area contributed by atoms with E-state index in [4.69, 9.17) is 4.74 Å². The molecule has 0 amide bonds. The summed E-state index contributed by atoms with van der Waals surface area (Å²) in [6, 6.07) is 0. The first-order valence-electron chi connectivity index (χ1n) is 3.83. The largest absolute Gasteiger partial charge is 0.372 e. The van der Waals surface area contributed by atoms with Crippen LogP contribution in [-0.4, -0.2) is 49.4 Å². The van der Waals surface area contributed by atoms with E-state index >= 15 is 0 Å². The molecule has 3 saturated heterocycles. The van der Waals surface area contributed by atoms with Gasteiger partial charge in [0.2, 0.25) is 0 Å². The second-order valence-electron chi connectivity index (χ2n) is 3.33. The lowest BCUT2D eigenvalue weighted by atomic mass is 10.0. The molecule has 0 aromatic rings. The smallest absolute Gasteiger partial charge is 0.0745 e. The highest BCUT2D eigenvalue weighted by atomic mass is 16.5. The summed E-state index contributed by atoms with van der Waals surface area (Å²) in [6.45, 7) is 2.17. The van der Waals surface area contributed by atoms with Crippen LogP contribution in [-0.2, 0) is 4.74 Å². The van der Waals surface area contributed by atoms with Crippen LogP contribution in [0.5, 0.6) is 0 Å². The van der Waals surface area contributed by atoms with Crippen molar-refractivity contribution in [3.8, 4) is 0 Å². The van der Waals surface area contributed by atoms with E-state index in [1.165, 1.54) is 6.42 Å². The van der Waals surface area contributed by atoms with Crippen LogP contribution < -0.4 is 0 Å². The first-order valence-corrected chi connectivity index (χ1v) is 3.83. The molecule has 3 heterocycles. The Bertz CT molecular complexity index is 122. The highest BCUT2D eigenvalue weighted by molar-refractivity contribution is 4.87. The van der Waals surface area contributed by atoms with Gasteiger partial charge in [0.15, 0.2) is 0 Å². The predicted octanol–water partition coefficient (Wildman–Crippen LogP) is -0.0639. The average Bonchev–Trinajstić information content (AvgIpc) is 1.86. The number of piperidine rings is 1. The van der Waals surface area contributed by atoms with Crippen LogP contribution in [0.3, 0.4) is 0 Å². The van der Waals surface area contributed by atoms with Gasteiger partial charge in [-0.15, -0.1) is 0 Å². The summed E-state index contributed by atoms with van der Waals surface area (Å²) in [4.78, 5) is 0. The number of nitrogens with zero attached hydrogens (tertiary/aromatic N) is 2. The quantitative estimate of drug-likeness (QED) is 0.510. The maximum absolute atomic E-state index is 5.49. The van der Waals surface area contributed by atoms with Gasteiger partial charge < -0.3 is 4.74 Å². The lowest BCUT2D eigenvalue weighted by molar-refractivity contribution is -0.217. The van der Waals surface area contributed by atoms with Crippen molar-refractivity contribution in [3.05, 3.63) is 0 Å². The van der Waals surface area contributed by atoms with Gasteiger partial charge in [-0.1, -0.05) is 0 Å². The number of hydrogen-bond acceptors (Lipinski definition) is 3. The summed E-state index contributed by atoms with van der Waals surface area (Å²) in [7, 11) is 4.18. The fourth-order valence-corrected chi connectivity index (χ4v) is 1.66. The van der Waals surface area contributed by atoms with Crippen molar-refractivity contribution >= 4 is 0 Å². The third-order valence-corrected chi connectivity index (χ3v) is 2.31. The highest BCUT2D eigenvalue weighted by Crippen LogP contribution is 2.27. The highest BCUT2D eigenvalue weighted by Gasteiger charge is 2.38. The predicted molar refractivity (Wildman–Crippen MR) is 38.5 cm³/mol. The molecule has 3 heteroatoms. The SMILES string of the molecule is CN(C)N1CC2CC(C1)O2. The molecule has 3 fully saturated rings. The number of hydrazine groups is 1. The third kappa shape index (κ3) is 0.944. The monoisotopic (exact) mass is 142 g/mol. The van der Waals surface area contributed by atoms with Crippen LogP contribution in [0.1, 0.15) is 6.42 Å². The van der Waals surface area contributed by atoms with Crippen LogP contribution in [0.25, 0.3) is 0 Å². The Hall–Kier alpha value is -0.120. The molecule has 3 aliphatic heterocycles. The molecule has 10 heavy (non-hydrogen) atoms. The van der Waals surface area contributed by atoms with Crippen LogP contribution >= 0.6 is 0 Å². The Morgan fingerprint density at radius 2 is 1.80 bits per heavy atom. The molecule has 0 saturated carbocycles. The van der Waals surface area contributed by atoms with Gasteiger partial charge in [-0.05, 0) is 0 Å². The summed E-state index contributed by atoms with van der Waals surface area (Å²) < 4.78 is 5.49. The zero-order chi connectivity index (χ0) is 7.14. The maximum atomic E-state index is 5.49. The van der Waals surface area contributed by atoms with Crippen molar-refractivity contribution in [3.63, 3.8) is 0 Å². The Labute approximate surface area is 61.5 Å². The van der Waals surface area contributed by atoms with Crippen molar-refractivity contribution < 1.29 is 4.74 Å². The Balaban J connectivity index is 1.91. The van der Waals surface area contributed by atoms with Gasteiger partial charge in [0.25, 0.3) is 0 Å². The molecule has 2 unspecified atom stereocenters. The van der Waals surface area contributed by atoms with Crippen LogP contribution in [0.2, 0.25) is 0 Å². The van der Waals surface area contributed by atoms with E-state index in [1.807, 2.05) is 0 Å². The summed E-state index contributed by atoms with van der Waals surface area (Å²) in [6.07, 6.45) is 2.34. The van der Waals surface area contributed by atoms with E-state index in [9.17, 15) is 0 Å². The molecular weight excluding hydrogens is 128 g/mol. The second-order valence-corrected chi connectivity index (χ2v) is 3.33. The molecule has 0 spiro atoms. The first kappa shape index (κ1) is 6.58. The third-order valence-electron chi connectivity index (χ3n) is 2.31. The van der Waals surface area contributed by atoms with Crippen molar-refractivity contribution in [1.29, 1.82) is 0 Å². The lowest BCUT2D eigenvalue weighted by Crippen LogP contribution is -2.60. The van der Waals surface area contributed by atoms with Gasteiger partial charge in [-0.25, -0.2) is 10.0 Å². The first-order chi connectivity index (χ1) is 4.75. The van der Waals surface area contributed by atoms with E-state index in [2.05, 4.69) is 24.1 Å². The van der Waals surface area contributed by atoms with Crippen LogP contribution in [0, 0.1) is 0 Å². The van der Waals surface area contributed by atoms with E-state index in [0.29, 0.717) is 12.2 Å². The minimum atomic E-state index is 0.529. The molecule has 3 nitrogen and oxygen atoms in total. The standard InChI is InChI=1S/C7H14N2O/c1-8(2)9-4-6-3-7(5-9)10-6/h6-7H,3-5H2,1-2H3. The van der Waals surface area contributed by atoms with Gasteiger partial charge in [-0.2, -0.15) is 0 Å². The Morgan fingerprint density at radius 3 is 2.10 bits per heavy atom. The van der Waals surface area contributed by atoms with Gasteiger partial charge in [0, 0.05) is 33.6 Å². The molecule has 0 radical (unpaired) electrons. The number of fused-ring (bicyclic) bond motifs is 2. The van der Waals surface area contributed by atoms with Gasteiger partial charge >= 0.3 is 0 Å². The van der Waals surface area contributed by atoms with E-state index in [-0.39, 0.29) is 0 Å². The summed E-state index contributed by atoms with van der Waals surface area (Å²) in [5, 5.41) is 4.49. The average molecular weight is 142 g/mol. The minimum absolute atomic E-state index is 0.529. The number of rotatable bonds is 1. The number of hydrogen-bond donors (Lipinski definition) is 0. The summed E-state index contributed by atoms with van der Waals surface area (Å²) in [5.41, 5.74) is 0. The second kappa shape index (κ2) is 2.19. The maximum Gasteiger partial charge on any atom is 0.0745 e. The molecule has 0 aromatic heterocycles. The minimum Gasteiger partial charge on any atom is -0.372 e. The molecule has 3 rings (SSSR count). The van der Waals surface area contributed by atoms with Gasteiger partial charge in [0.05, 0.1) is 12.2 Å². The van der Waals surface area contributed by atoms with Gasteiger partial charge in [0.1, 0.15) is 0 Å². The normalized spacial score (nSPS) is 39.9. The van der Waals surface area contributed by atoms with Crippen LogP contribution in [0.15, 0.2) is 0 Å². The molecular formula is C7H14N2O. The van der Waals surface area contributed by atoms with Crippen LogP contribution in [0.4, 0.5) is 0 Å². The van der Waals surface area contributed by atoms with Crippen molar-refractivity contribution in [2.75, 3.05) is 27.2 Å². The van der Waals surface area contributed by atoms with E-state index in [0.717, 1.165) is 13.1 Å². The molecule has 3 aliphatic rings. The number of morpholine rings is 1. The Kier molecular flexibility index (Phi) is 1.44. The summed E-state index contributed by atoms with van der Waals surface area (Å²) in [5.74, 6) is 0. The molecule has 2 atom stereocenters. The Morgan fingerprint density at radius 1 is 1.30 bits per heavy atom. The topological polar surface area (TPSA) is 15.7 Å². The molecule has 0 aliphatic carbocycles. The number of ether oxygens (including phenoxy) is 1. The molecule has 0 N–H and O–H groups in total. The van der Waals surface area contributed by atoms with Crippen molar-refractivity contribution in [1.82, 2.24) is 10.0 Å². The molecule has 0 aromatic carbocycles. The fourth-order valence-electron chi connectivity index (χ4n) is 1.66. The lowest BCUT2D eigenvalue weighted by Gasteiger charge is -2.48. The summed E-state index contributed by atoms with van der Waals surface area (Å²) >= 11 is 0. The van der Waals surface area contributed by atoms with Crippen molar-refractivity contribution in [2.45, 2.75) is 18.6 Å². The fraction of sp³-hybridized carbons (Fsp3) is 1.00. The zero-order valence-electron chi connectivity index (χ0n) is 6.58. The zero-order valence-corrected chi connectivity index (χ0v) is 6.58.